The van der Waals surface area contributed by atoms with E-state index in [4.69, 9.17) is 0 Å². The molecule has 0 radical (unpaired) electrons. The Labute approximate surface area is 138 Å². The molecule has 5 heteroatoms. The van der Waals surface area contributed by atoms with Crippen molar-refractivity contribution in [3.63, 3.8) is 0 Å². The van der Waals surface area contributed by atoms with E-state index < -0.39 is 0 Å². The molecule has 0 amide bonds. The van der Waals surface area contributed by atoms with Crippen molar-refractivity contribution < 1.29 is 4.92 Å². The first-order valence-electron chi connectivity index (χ1n) is 8.62. The normalized spacial score (nSPS) is 22.3. The topological polar surface area (TPSA) is 49.6 Å². The molecule has 2 aliphatic rings. The maximum absolute atomic E-state index is 10.8. The molecule has 0 saturated carbocycles. The van der Waals surface area contributed by atoms with Gasteiger partial charge in [-0.25, -0.2) is 0 Å². The minimum absolute atomic E-state index is 0.190. The lowest BCUT2D eigenvalue weighted by atomic mass is 9.71. The van der Waals surface area contributed by atoms with Crippen LogP contribution in [0, 0.1) is 22.5 Å². The zero-order valence-corrected chi connectivity index (χ0v) is 14.3. The number of nitrogens with zero attached hydrogens (tertiary/aromatic N) is 3. The van der Waals surface area contributed by atoms with Crippen LogP contribution >= 0.6 is 0 Å². The molecule has 0 aromatic heterocycles. The summed E-state index contributed by atoms with van der Waals surface area (Å²) in [6.07, 6.45) is 5.28. The summed E-state index contributed by atoms with van der Waals surface area (Å²) in [6.45, 7) is 7.67. The molecule has 1 spiro atoms. The number of piperidine rings is 2. The van der Waals surface area contributed by atoms with Crippen LogP contribution in [0.5, 0.6) is 0 Å². The minimum atomic E-state index is -0.318. The molecule has 0 bridgehead atoms. The summed E-state index contributed by atoms with van der Waals surface area (Å²) >= 11 is 0. The average Bonchev–Trinajstić information content (AvgIpc) is 2.54. The number of non-ortho nitro benzene ring substituents is 1. The second kappa shape index (κ2) is 6.57. The highest BCUT2D eigenvalue weighted by atomic mass is 16.6. The number of aryl methyl sites for hydroxylation is 1. The lowest BCUT2D eigenvalue weighted by molar-refractivity contribution is -0.384. The fraction of sp³-hybridized carbons (Fsp3) is 0.667. The average molecular weight is 317 g/mol. The van der Waals surface area contributed by atoms with Crippen molar-refractivity contribution in [3.8, 4) is 0 Å². The highest BCUT2D eigenvalue weighted by molar-refractivity contribution is 5.39. The second-order valence-electron chi connectivity index (χ2n) is 7.45. The number of hydrogen-bond donors (Lipinski definition) is 0. The highest BCUT2D eigenvalue weighted by Crippen LogP contribution is 2.41. The van der Waals surface area contributed by atoms with E-state index in [1.165, 1.54) is 44.3 Å². The number of nitro benzene ring substituents is 1. The molecule has 5 nitrogen and oxygen atoms in total. The number of nitro groups is 1. The van der Waals surface area contributed by atoms with Gasteiger partial charge in [-0.3, -0.25) is 15.0 Å². The Morgan fingerprint density at radius 3 is 2.30 bits per heavy atom. The molecule has 23 heavy (non-hydrogen) atoms. The number of hydrogen-bond acceptors (Lipinski definition) is 4. The van der Waals surface area contributed by atoms with Crippen molar-refractivity contribution in [3.05, 3.63) is 39.4 Å². The molecular formula is C18H27N3O2. The number of benzene rings is 1. The molecule has 2 fully saturated rings. The van der Waals surface area contributed by atoms with Gasteiger partial charge in [-0.05, 0) is 82.4 Å². The Morgan fingerprint density at radius 1 is 1.13 bits per heavy atom. The summed E-state index contributed by atoms with van der Waals surface area (Å²) in [6, 6.07) is 5.25. The van der Waals surface area contributed by atoms with Crippen molar-refractivity contribution in [1.82, 2.24) is 9.80 Å². The fourth-order valence-corrected chi connectivity index (χ4v) is 3.99. The smallest absolute Gasteiger partial charge is 0.269 e. The third kappa shape index (κ3) is 3.72. The summed E-state index contributed by atoms with van der Waals surface area (Å²) < 4.78 is 0. The zero-order chi connectivity index (χ0) is 16.4. The van der Waals surface area contributed by atoms with Gasteiger partial charge in [0.1, 0.15) is 0 Å². The molecule has 1 aromatic rings. The summed E-state index contributed by atoms with van der Waals surface area (Å²) in [4.78, 5) is 15.5. The maximum atomic E-state index is 10.8. The van der Waals surface area contributed by atoms with Gasteiger partial charge in [0.05, 0.1) is 4.92 Å². The molecule has 0 aliphatic carbocycles. The van der Waals surface area contributed by atoms with Gasteiger partial charge in [0.15, 0.2) is 0 Å². The van der Waals surface area contributed by atoms with Gasteiger partial charge < -0.3 is 4.90 Å². The van der Waals surface area contributed by atoms with Crippen LogP contribution in [0.2, 0.25) is 0 Å². The summed E-state index contributed by atoms with van der Waals surface area (Å²) in [5.74, 6) is 0. The van der Waals surface area contributed by atoms with E-state index in [1.54, 1.807) is 12.1 Å². The summed E-state index contributed by atoms with van der Waals surface area (Å²) in [5.41, 5.74) is 3.01. The molecule has 1 aromatic carbocycles. The minimum Gasteiger partial charge on any atom is -0.306 e. The Morgan fingerprint density at radius 2 is 1.74 bits per heavy atom. The second-order valence-corrected chi connectivity index (χ2v) is 7.45. The number of rotatable bonds is 3. The van der Waals surface area contributed by atoms with Crippen LogP contribution in [0.15, 0.2) is 18.2 Å². The van der Waals surface area contributed by atoms with E-state index >= 15 is 0 Å². The van der Waals surface area contributed by atoms with Crippen molar-refractivity contribution in [1.29, 1.82) is 0 Å². The Bertz CT molecular complexity index is 570. The highest BCUT2D eigenvalue weighted by Gasteiger charge is 2.36. The zero-order valence-electron chi connectivity index (χ0n) is 14.3. The Balaban J connectivity index is 1.58. The molecule has 126 valence electrons. The molecule has 0 atom stereocenters. The Kier molecular flexibility index (Phi) is 4.69. The third-order valence-corrected chi connectivity index (χ3v) is 5.90. The molecule has 2 saturated heterocycles. The van der Waals surface area contributed by atoms with E-state index in [-0.39, 0.29) is 10.6 Å². The molecule has 0 N–H and O–H groups in total. The lowest BCUT2D eigenvalue weighted by Crippen LogP contribution is -2.45. The van der Waals surface area contributed by atoms with E-state index in [0.29, 0.717) is 5.41 Å². The fourth-order valence-electron chi connectivity index (χ4n) is 3.99. The van der Waals surface area contributed by atoms with Crippen LogP contribution in [0.25, 0.3) is 0 Å². The van der Waals surface area contributed by atoms with Gasteiger partial charge in [0.25, 0.3) is 5.69 Å². The van der Waals surface area contributed by atoms with E-state index in [0.717, 1.165) is 25.2 Å². The molecular weight excluding hydrogens is 290 g/mol. The Hall–Kier alpha value is -1.46. The van der Waals surface area contributed by atoms with Crippen molar-refractivity contribution in [2.24, 2.45) is 5.41 Å². The van der Waals surface area contributed by atoms with Crippen molar-refractivity contribution in [2.45, 2.75) is 39.2 Å². The standard InChI is InChI=1S/C18H27N3O2/c1-15-13-17(21(22)23)4-3-16(15)14-20-11-7-18(8-12-20)5-9-19(2)10-6-18/h3-4,13H,5-12,14H2,1-2H3. The van der Waals surface area contributed by atoms with Crippen LogP contribution in [0.4, 0.5) is 5.69 Å². The van der Waals surface area contributed by atoms with Gasteiger partial charge in [-0.1, -0.05) is 6.07 Å². The van der Waals surface area contributed by atoms with Gasteiger partial charge in [-0.15, -0.1) is 0 Å². The van der Waals surface area contributed by atoms with Crippen LogP contribution in [0.1, 0.15) is 36.8 Å². The molecule has 3 rings (SSSR count). The van der Waals surface area contributed by atoms with Crippen LogP contribution in [-0.2, 0) is 6.54 Å². The van der Waals surface area contributed by atoms with E-state index in [1.807, 2.05) is 13.0 Å². The molecule has 0 unspecified atom stereocenters. The van der Waals surface area contributed by atoms with Crippen LogP contribution < -0.4 is 0 Å². The summed E-state index contributed by atoms with van der Waals surface area (Å²) in [7, 11) is 2.22. The first-order valence-corrected chi connectivity index (χ1v) is 8.62. The molecule has 2 heterocycles. The lowest BCUT2D eigenvalue weighted by Gasteiger charge is -2.46. The van der Waals surface area contributed by atoms with Crippen molar-refractivity contribution in [2.75, 3.05) is 33.2 Å². The first kappa shape index (κ1) is 16.4. The summed E-state index contributed by atoms with van der Waals surface area (Å²) in [5, 5.41) is 10.8. The predicted molar refractivity (Wildman–Crippen MR) is 91.5 cm³/mol. The number of likely N-dealkylation sites (tertiary alicyclic amines) is 2. The largest absolute Gasteiger partial charge is 0.306 e. The van der Waals surface area contributed by atoms with Gasteiger partial charge >= 0.3 is 0 Å². The van der Waals surface area contributed by atoms with Gasteiger partial charge in [0, 0.05) is 18.7 Å². The predicted octanol–water partition coefficient (Wildman–Crippen LogP) is 3.21. The van der Waals surface area contributed by atoms with Gasteiger partial charge in [-0.2, -0.15) is 0 Å². The van der Waals surface area contributed by atoms with Crippen LogP contribution in [0.3, 0.4) is 0 Å². The maximum Gasteiger partial charge on any atom is 0.269 e. The van der Waals surface area contributed by atoms with E-state index in [2.05, 4.69) is 16.8 Å². The van der Waals surface area contributed by atoms with Gasteiger partial charge in [0.2, 0.25) is 0 Å². The van der Waals surface area contributed by atoms with Crippen molar-refractivity contribution >= 4 is 5.69 Å². The third-order valence-electron chi connectivity index (χ3n) is 5.90. The quantitative estimate of drug-likeness (QED) is 0.634. The van der Waals surface area contributed by atoms with E-state index in [9.17, 15) is 10.1 Å². The monoisotopic (exact) mass is 317 g/mol. The molecule has 2 aliphatic heterocycles. The SMILES string of the molecule is Cc1cc([N+](=O)[O-])ccc1CN1CCC2(CCN(C)CC2)CC1. The first-order chi connectivity index (χ1) is 11.0. The van der Waals surface area contributed by atoms with Crippen LogP contribution in [-0.4, -0.2) is 47.9 Å².